The van der Waals surface area contributed by atoms with Crippen molar-refractivity contribution in [3.63, 3.8) is 0 Å². The highest BCUT2D eigenvalue weighted by atomic mass is 32.2. The van der Waals surface area contributed by atoms with E-state index in [1.54, 1.807) is 6.92 Å². The molecule has 90 valence electrons. The number of benzene rings is 1. The Labute approximate surface area is 91.9 Å². The summed E-state index contributed by atoms with van der Waals surface area (Å²) in [5.41, 5.74) is 4.99. The van der Waals surface area contributed by atoms with Crippen LogP contribution in [0.3, 0.4) is 0 Å². The first-order chi connectivity index (χ1) is 7.38. The van der Waals surface area contributed by atoms with Gasteiger partial charge in [-0.25, -0.2) is 17.2 Å². The smallest absolute Gasteiger partial charge is 0.208 e. The third-order valence-corrected chi connectivity index (χ3v) is 3.26. The Bertz CT molecular complexity index is 465. The lowest BCUT2D eigenvalue weighted by Crippen LogP contribution is -2.14. The molecular weight excluding hydrogens is 240 g/mol. The molecule has 4 nitrogen and oxygen atoms in total. The molecule has 0 heterocycles. The van der Waals surface area contributed by atoms with Crippen molar-refractivity contribution >= 4 is 15.5 Å². The van der Waals surface area contributed by atoms with E-state index in [1.165, 1.54) is 0 Å². The summed E-state index contributed by atoms with van der Waals surface area (Å²) in [6, 6.07) is 1.50. The number of hydrogen-bond donors (Lipinski definition) is 1. The SMILES string of the molecule is CCOCS(=O)(=O)c1c(F)cc(N)cc1F. The molecule has 0 unspecified atom stereocenters. The maximum Gasteiger partial charge on any atom is 0.208 e. The first-order valence-corrected chi connectivity index (χ1v) is 6.08. The van der Waals surface area contributed by atoms with E-state index in [-0.39, 0.29) is 12.3 Å². The summed E-state index contributed by atoms with van der Waals surface area (Å²) in [5.74, 6) is -3.18. The van der Waals surface area contributed by atoms with Crippen molar-refractivity contribution in [3.05, 3.63) is 23.8 Å². The molecule has 0 spiro atoms. The summed E-state index contributed by atoms with van der Waals surface area (Å²) in [7, 11) is -4.13. The minimum atomic E-state index is -4.13. The quantitative estimate of drug-likeness (QED) is 0.819. The minimum absolute atomic E-state index is 0.136. The van der Waals surface area contributed by atoms with Gasteiger partial charge < -0.3 is 10.5 Å². The highest BCUT2D eigenvalue weighted by Crippen LogP contribution is 2.22. The Morgan fingerprint density at radius 1 is 1.31 bits per heavy atom. The van der Waals surface area contributed by atoms with Crippen LogP contribution in [0.5, 0.6) is 0 Å². The standard InChI is InChI=1S/C9H11F2NO3S/c1-2-15-5-16(13,14)9-7(10)3-6(12)4-8(9)11/h3-4H,2,5,12H2,1H3. The summed E-state index contributed by atoms with van der Waals surface area (Å²) in [6.45, 7) is 1.71. The van der Waals surface area contributed by atoms with Crippen molar-refractivity contribution in [1.82, 2.24) is 0 Å². The van der Waals surface area contributed by atoms with Gasteiger partial charge in [0.05, 0.1) is 0 Å². The lowest BCUT2D eigenvalue weighted by Gasteiger charge is -2.07. The largest absolute Gasteiger partial charge is 0.399 e. The molecule has 7 heteroatoms. The van der Waals surface area contributed by atoms with Crippen LogP contribution in [0.4, 0.5) is 14.5 Å². The topological polar surface area (TPSA) is 69.4 Å². The molecule has 0 fully saturated rings. The van der Waals surface area contributed by atoms with Crippen molar-refractivity contribution in [2.24, 2.45) is 0 Å². The number of sulfone groups is 1. The number of halogens is 2. The van der Waals surface area contributed by atoms with Crippen LogP contribution in [0.15, 0.2) is 17.0 Å². The second-order valence-corrected chi connectivity index (χ2v) is 4.91. The van der Waals surface area contributed by atoms with Gasteiger partial charge in [0.15, 0.2) is 5.94 Å². The molecule has 0 saturated carbocycles. The summed E-state index contributed by atoms with van der Waals surface area (Å²) >= 11 is 0. The number of hydrogen-bond acceptors (Lipinski definition) is 4. The maximum absolute atomic E-state index is 13.3. The van der Waals surface area contributed by atoms with Crippen molar-refractivity contribution in [1.29, 1.82) is 0 Å². The fourth-order valence-corrected chi connectivity index (χ4v) is 2.34. The van der Waals surface area contributed by atoms with E-state index < -0.39 is 32.3 Å². The first-order valence-electron chi connectivity index (χ1n) is 4.43. The molecule has 0 aliphatic carbocycles. The van der Waals surface area contributed by atoms with Crippen molar-refractivity contribution in [2.45, 2.75) is 11.8 Å². The summed E-state index contributed by atoms with van der Waals surface area (Å²) in [4.78, 5) is -1.00. The maximum atomic E-state index is 13.3. The van der Waals surface area contributed by atoms with Gasteiger partial charge in [-0.2, -0.15) is 0 Å². The van der Waals surface area contributed by atoms with Gasteiger partial charge in [0.1, 0.15) is 16.5 Å². The predicted molar refractivity (Wildman–Crippen MR) is 54.4 cm³/mol. The molecule has 0 aromatic heterocycles. The van der Waals surface area contributed by atoms with Crippen molar-refractivity contribution in [2.75, 3.05) is 18.3 Å². The van der Waals surface area contributed by atoms with E-state index in [2.05, 4.69) is 4.74 Å². The van der Waals surface area contributed by atoms with Gasteiger partial charge in [-0.15, -0.1) is 0 Å². The molecule has 0 atom stereocenters. The predicted octanol–water partition coefficient (Wildman–Crippen LogP) is 1.31. The Hall–Kier alpha value is -1.21. The average Bonchev–Trinajstić information content (AvgIpc) is 2.12. The van der Waals surface area contributed by atoms with Crippen LogP contribution in [0.25, 0.3) is 0 Å². The number of ether oxygens (including phenoxy) is 1. The van der Waals surface area contributed by atoms with Gasteiger partial charge in [0, 0.05) is 12.3 Å². The molecule has 1 aromatic carbocycles. The fourth-order valence-electron chi connectivity index (χ4n) is 1.13. The van der Waals surface area contributed by atoms with Crippen LogP contribution in [-0.2, 0) is 14.6 Å². The molecule has 1 rings (SSSR count). The molecule has 2 N–H and O–H groups in total. The summed E-state index contributed by atoms with van der Waals surface area (Å²) in [6.07, 6.45) is 0. The number of nitrogen functional groups attached to an aromatic ring is 1. The van der Waals surface area contributed by atoms with Crippen molar-refractivity contribution < 1.29 is 21.9 Å². The zero-order valence-electron chi connectivity index (χ0n) is 8.54. The molecule has 16 heavy (non-hydrogen) atoms. The summed E-state index contributed by atoms with van der Waals surface area (Å²) < 4.78 is 54.2. The molecule has 0 aliphatic heterocycles. The van der Waals surface area contributed by atoms with Crippen molar-refractivity contribution in [3.8, 4) is 0 Å². The van der Waals surface area contributed by atoms with Crippen LogP contribution in [0.2, 0.25) is 0 Å². The van der Waals surface area contributed by atoms with Gasteiger partial charge in [-0.1, -0.05) is 0 Å². The Kier molecular flexibility index (Phi) is 3.82. The van der Waals surface area contributed by atoms with Crippen LogP contribution < -0.4 is 5.73 Å². The van der Waals surface area contributed by atoms with Gasteiger partial charge in [-0.05, 0) is 19.1 Å². The molecule has 0 radical (unpaired) electrons. The zero-order valence-corrected chi connectivity index (χ0v) is 9.35. The summed E-state index contributed by atoms with van der Waals surface area (Å²) in [5, 5.41) is 0. The van der Waals surface area contributed by atoms with Crippen LogP contribution >= 0.6 is 0 Å². The Morgan fingerprint density at radius 2 is 1.81 bits per heavy atom. The average molecular weight is 251 g/mol. The van der Waals surface area contributed by atoms with E-state index in [1.807, 2.05) is 0 Å². The van der Waals surface area contributed by atoms with Crippen LogP contribution in [0, 0.1) is 11.6 Å². The van der Waals surface area contributed by atoms with E-state index >= 15 is 0 Å². The van der Waals surface area contributed by atoms with Gasteiger partial charge in [0.2, 0.25) is 9.84 Å². The van der Waals surface area contributed by atoms with Crippen LogP contribution in [-0.4, -0.2) is 21.0 Å². The van der Waals surface area contributed by atoms with Gasteiger partial charge in [-0.3, -0.25) is 0 Å². The van der Waals surface area contributed by atoms with Crippen LogP contribution in [0.1, 0.15) is 6.92 Å². The van der Waals surface area contributed by atoms with E-state index in [4.69, 9.17) is 5.73 Å². The van der Waals surface area contributed by atoms with Gasteiger partial charge >= 0.3 is 0 Å². The van der Waals surface area contributed by atoms with Gasteiger partial charge in [0.25, 0.3) is 0 Å². The number of nitrogens with two attached hydrogens (primary N) is 1. The molecule has 1 aromatic rings. The third-order valence-electron chi connectivity index (χ3n) is 1.77. The molecule has 0 saturated heterocycles. The van der Waals surface area contributed by atoms with E-state index in [0.717, 1.165) is 12.1 Å². The Balaban J connectivity index is 3.23. The second-order valence-electron chi connectivity index (χ2n) is 3.04. The number of rotatable bonds is 4. The highest BCUT2D eigenvalue weighted by Gasteiger charge is 2.24. The highest BCUT2D eigenvalue weighted by molar-refractivity contribution is 7.91. The van der Waals surface area contributed by atoms with E-state index in [0.29, 0.717) is 0 Å². The molecular formula is C9H11F2NO3S. The van der Waals surface area contributed by atoms with E-state index in [9.17, 15) is 17.2 Å². The lowest BCUT2D eigenvalue weighted by atomic mass is 10.3. The second kappa shape index (κ2) is 4.75. The monoisotopic (exact) mass is 251 g/mol. The third kappa shape index (κ3) is 2.67. The number of anilines is 1. The molecule has 0 aliphatic rings. The fraction of sp³-hybridized carbons (Fsp3) is 0.333. The lowest BCUT2D eigenvalue weighted by molar-refractivity contribution is 0.192. The molecule has 0 bridgehead atoms. The normalized spacial score (nSPS) is 11.7. The minimum Gasteiger partial charge on any atom is -0.399 e. The zero-order chi connectivity index (χ0) is 12.3. The Morgan fingerprint density at radius 3 is 2.25 bits per heavy atom. The molecule has 0 amide bonds. The first kappa shape index (κ1) is 12.9.